The van der Waals surface area contributed by atoms with Crippen molar-refractivity contribution >= 4 is 10.8 Å². The van der Waals surface area contributed by atoms with Gasteiger partial charge in [-0.25, -0.2) is 4.39 Å². The van der Waals surface area contributed by atoms with Gasteiger partial charge in [0.25, 0.3) is 0 Å². The van der Waals surface area contributed by atoms with Gasteiger partial charge in [-0.2, -0.15) is 0 Å². The van der Waals surface area contributed by atoms with Gasteiger partial charge in [0, 0.05) is 30.1 Å². The zero-order valence-corrected chi connectivity index (χ0v) is 10.4. The molecule has 0 aliphatic carbocycles. The molecule has 0 saturated carbocycles. The standard InChI is InChI=1S/C14H17FN2O/c1-2-11(18)8-16-9-13-14(15)12-6-4-3-5-10(12)7-17-13/h3-7,11,16,18H,2,8-9H2,1H3/t11-/m1/s1. The van der Waals surface area contributed by atoms with Gasteiger partial charge in [0.2, 0.25) is 0 Å². The summed E-state index contributed by atoms with van der Waals surface area (Å²) in [6.45, 7) is 2.68. The van der Waals surface area contributed by atoms with E-state index in [9.17, 15) is 9.50 Å². The van der Waals surface area contributed by atoms with Crippen molar-refractivity contribution in [1.82, 2.24) is 10.3 Å². The largest absolute Gasteiger partial charge is 0.392 e. The van der Waals surface area contributed by atoms with E-state index in [1.165, 1.54) is 0 Å². The number of fused-ring (bicyclic) bond motifs is 1. The monoisotopic (exact) mass is 248 g/mol. The fourth-order valence-corrected chi connectivity index (χ4v) is 1.79. The zero-order valence-electron chi connectivity index (χ0n) is 10.4. The Balaban J connectivity index is 2.12. The molecule has 1 aromatic heterocycles. The van der Waals surface area contributed by atoms with E-state index in [2.05, 4.69) is 10.3 Å². The van der Waals surface area contributed by atoms with Crippen molar-refractivity contribution in [1.29, 1.82) is 0 Å². The first-order valence-electron chi connectivity index (χ1n) is 6.13. The molecule has 0 unspecified atom stereocenters. The number of hydrogen-bond acceptors (Lipinski definition) is 3. The fourth-order valence-electron chi connectivity index (χ4n) is 1.79. The minimum atomic E-state index is -0.395. The predicted octanol–water partition coefficient (Wildman–Crippen LogP) is 2.23. The lowest BCUT2D eigenvalue weighted by Gasteiger charge is -2.10. The second kappa shape index (κ2) is 5.89. The molecule has 1 heterocycles. The maximum absolute atomic E-state index is 14.1. The van der Waals surface area contributed by atoms with Crippen molar-refractivity contribution in [2.75, 3.05) is 6.54 Å². The lowest BCUT2D eigenvalue weighted by Crippen LogP contribution is -2.26. The molecule has 0 fully saturated rings. The maximum atomic E-state index is 14.1. The summed E-state index contributed by atoms with van der Waals surface area (Å²) in [4.78, 5) is 4.11. The number of nitrogens with zero attached hydrogens (tertiary/aromatic N) is 1. The molecule has 1 aromatic carbocycles. The van der Waals surface area contributed by atoms with Crippen LogP contribution < -0.4 is 5.32 Å². The van der Waals surface area contributed by atoms with Gasteiger partial charge in [-0.1, -0.05) is 31.2 Å². The van der Waals surface area contributed by atoms with E-state index >= 15 is 0 Å². The Labute approximate surface area is 106 Å². The summed E-state index contributed by atoms with van der Waals surface area (Å²) in [7, 11) is 0. The van der Waals surface area contributed by atoms with Crippen LogP contribution in [0.1, 0.15) is 19.0 Å². The molecular formula is C14H17FN2O. The molecule has 4 heteroatoms. The Morgan fingerprint density at radius 2 is 2.17 bits per heavy atom. The van der Waals surface area contributed by atoms with Crippen molar-refractivity contribution in [2.45, 2.75) is 26.0 Å². The SMILES string of the molecule is CC[C@@H](O)CNCc1ncc2ccccc2c1F. The molecule has 18 heavy (non-hydrogen) atoms. The first-order chi connectivity index (χ1) is 8.72. The van der Waals surface area contributed by atoms with Crippen LogP contribution in [-0.2, 0) is 6.54 Å². The zero-order chi connectivity index (χ0) is 13.0. The van der Waals surface area contributed by atoms with Gasteiger partial charge in [0.05, 0.1) is 11.8 Å². The second-order valence-electron chi connectivity index (χ2n) is 4.30. The minimum Gasteiger partial charge on any atom is -0.392 e. The van der Waals surface area contributed by atoms with Crippen LogP contribution in [0, 0.1) is 5.82 Å². The number of rotatable bonds is 5. The number of nitrogens with one attached hydrogen (secondary N) is 1. The van der Waals surface area contributed by atoms with E-state index in [4.69, 9.17) is 0 Å². The van der Waals surface area contributed by atoms with E-state index in [0.29, 0.717) is 30.6 Å². The van der Waals surface area contributed by atoms with Crippen LogP contribution in [0.5, 0.6) is 0 Å². The summed E-state index contributed by atoms with van der Waals surface area (Å²) in [5.41, 5.74) is 0.386. The molecule has 0 radical (unpaired) electrons. The molecule has 1 atom stereocenters. The summed E-state index contributed by atoms with van der Waals surface area (Å²) in [5.74, 6) is -0.286. The number of pyridine rings is 1. The number of aliphatic hydroxyl groups is 1. The first kappa shape index (κ1) is 12.9. The molecule has 2 N–H and O–H groups in total. The van der Waals surface area contributed by atoms with E-state index in [-0.39, 0.29) is 5.82 Å². The quantitative estimate of drug-likeness (QED) is 0.853. The molecule has 0 amide bonds. The highest BCUT2D eigenvalue weighted by Gasteiger charge is 2.08. The summed E-state index contributed by atoms with van der Waals surface area (Å²) in [5, 5.41) is 13.8. The van der Waals surface area contributed by atoms with Gasteiger partial charge in [-0.3, -0.25) is 4.98 Å². The van der Waals surface area contributed by atoms with Gasteiger partial charge in [-0.15, -0.1) is 0 Å². The lowest BCUT2D eigenvalue weighted by molar-refractivity contribution is 0.167. The molecule has 0 aliphatic heterocycles. The average molecular weight is 248 g/mol. The second-order valence-corrected chi connectivity index (χ2v) is 4.30. The third kappa shape index (κ3) is 2.83. The van der Waals surface area contributed by atoms with Crippen molar-refractivity contribution < 1.29 is 9.50 Å². The van der Waals surface area contributed by atoms with Crippen LogP contribution in [0.15, 0.2) is 30.5 Å². The summed E-state index contributed by atoms with van der Waals surface area (Å²) in [6, 6.07) is 7.25. The van der Waals surface area contributed by atoms with Crippen molar-refractivity contribution in [2.24, 2.45) is 0 Å². The Kier molecular flexibility index (Phi) is 4.23. The maximum Gasteiger partial charge on any atom is 0.153 e. The molecule has 3 nitrogen and oxygen atoms in total. The topological polar surface area (TPSA) is 45.1 Å². The smallest absolute Gasteiger partial charge is 0.153 e. The Bertz CT molecular complexity index is 530. The van der Waals surface area contributed by atoms with Crippen LogP contribution in [0.4, 0.5) is 4.39 Å². The average Bonchev–Trinajstić information content (AvgIpc) is 2.41. The van der Waals surface area contributed by atoms with E-state index in [1.807, 2.05) is 25.1 Å². The van der Waals surface area contributed by atoms with Gasteiger partial charge < -0.3 is 10.4 Å². The third-order valence-corrected chi connectivity index (χ3v) is 2.95. The molecular weight excluding hydrogens is 231 g/mol. The third-order valence-electron chi connectivity index (χ3n) is 2.95. The van der Waals surface area contributed by atoms with E-state index in [0.717, 1.165) is 5.39 Å². The molecule has 96 valence electrons. The van der Waals surface area contributed by atoms with Crippen LogP contribution in [0.2, 0.25) is 0 Å². The number of halogens is 1. The molecule has 2 aromatic rings. The van der Waals surface area contributed by atoms with Crippen molar-refractivity contribution in [3.63, 3.8) is 0 Å². The van der Waals surface area contributed by atoms with Crippen LogP contribution in [0.3, 0.4) is 0 Å². The number of hydrogen-bond donors (Lipinski definition) is 2. The minimum absolute atomic E-state index is 0.286. The molecule has 2 rings (SSSR count). The summed E-state index contributed by atoms with van der Waals surface area (Å²) < 4.78 is 14.1. The highest BCUT2D eigenvalue weighted by molar-refractivity contribution is 5.82. The summed E-state index contributed by atoms with van der Waals surface area (Å²) in [6.07, 6.45) is 1.96. The van der Waals surface area contributed by atoms with Gasteiger partial charge in [-0.05, 0) is 6.42 Å². The number of aliphatic hydroxyl groups excluding tert-OH is 1. The molecule has 0 bridgehead atoms. The van der Waals surface area contributed by atoms with Crippen LogP contribution in [-0.4, -0.2) is 22.7 Å². The Morgan fingerprint density at radius 3 is 2.94 bits per heavy atom. The first-order valence-corrected chi connectivity index (χ1v) is 6.13. The lowest BCUT2D eigenvalue weighted by atomic mass is 10.1. The van der Waals surface area contributed by atoms with E-state index < -0.39 is 6.10 Å². The van der Waals surface area contributed by atoms with Crippen molar-refractivity contribution in [3.05, 3.63) is 42.0 Å². The molecule has 0 spiro atoms. The Morgan fingerprint density at radius 1 is 1.39 bits per heavy atom. The Hall–Kier alpha value is -1.52. The number of aromatic nitrogens is 1. The molecule has 0 saturated heterocycles. The fraction of sp³-hybridized carbons (Fsp3) is 0.357. The normalized spacial score (nSPS) is 12.8. The summed E-state index contributed by atoms with van der Waals surface area (Å²) >= 11 is 0. The van der Waals surface area contributed by atoms with Gasteiger partial charge >= 0.3 is 0 Å². The van der Waals surface area contributed by atoms with Crippen LogP contribution >= 0.6 is 0 Å². The van der Waals surface area contributed by atoms with Gasteiger partial charge in [0.1, 0.15) is 0 Å². The number of benzene rings is 1. The van der Waals surface area contributed by atoms with E-state index in [1.54, 1.807) is 12.3 Å². The van der Waals surface area contributed by atoms with Gasteiger partial charge in [0.15, 0.2) is 5.82 Å². The van der Waals surface area contributed by atoms with Crippen molar-refractivity contribution in [3.8, 4) is 0 Å². The van der Waals surface area contributed by atoms with Crippen LogP contribution in [0.25, 0.3) is 10.8 Å². The highest BCUT2D eigenvalue weighted by atomic mass is 19.1. The predicted molar refractivity (Wildman–Crippen MR) is 69.7 cm³/mol. The molecule has 0 aliphatic rings. The highest BCUT2D eigenvalue weighted by Crippen LogP contribution is 2.18.